The van der Waals surface area contributed by atoms with Crippen molar-refractivity contribution in [3.05, 3.63) is 104 Å². The topological polar surface area (TPSA) is 163 Å². The van der Waals surface area contributed by atoms with Gasteiger partial charge >= 0.3 is 11.7 Å². The van der Waals surface area contributed by atoms with E-state index in [9.17, 15) is 29.8 Å². The van der Waals surface area contributed by atoms with Crippen LogP contribution in [0.4, 0.5) is 11.4 Å². The Balaban J connectivity index is 1.49. The van der Waals surface area contributed by atoms with Crippen LogP contribution in [-0.2, 0) is 4.79 Å². The van der Waals surface area contributed by atoms with Crippen LogP contribution in [-0.4, -0.2) is 34.5 Å². The summed E-state index contributed by atoms with van der Waals surface area (Å²) >= 11 is 0. The first-order valence-electron chi connectivity index (χ1n) is 9.58. The lowest BCUT2D eigenvalue weighted by Gasteiger charge is -2.05. The number of non-ortho nitro benzene ring substituents is 1. The smallest absolute Gasteiger partial charge is 0.343 e. The minimum Gasteiger partial charge on any atom is -0.477 e. The average Bonchev–Trinajstić information content (AvgIpc) is 2.84. The number of hydrogen-bond acceptors (Lipinski definition) is 9. The maximum Gasteiger partial charge on any atom is 0.343 e. The van der Waals surface area contributed by atoms with E-state index in [1.165, 1.54) is 60.8 Å². The molecule has 0 bridgehead atoms. The van der Waals surface area contributed by atoms with E-state index in [4.69, 9.17) is 9.47 Å². The summed E-state index contributed by atoms with van der Waals surface area (Å²) in [5, 5.41) is 25.4. The Morgan fingerprint density at radius 3 is 2.24 bits per heavy atom. The molecule has 0 fully saturated rings. The number of para-hydroxylation sites is 2. The molecule has 34 heavy (non-hydrogen) atoms. The van der Waals surface area contributed by atoms with E-state index < -0.39 is 28.3 Å². The summed E-state index contributed by atoms with van der Waals surface area (Å²) in [4.78, 5) is 44.4. The number of nitro groups is 2. The Hall–Kier alpha value is -5.13. The molecule has 0 saturated heterocycles. The van der Waals surface area contributed by atoms with Gasteiger partial charge in [0.05, 0.1) is 21.6 Å². The number of carbonyl (C=O) groups excluding carboxylic acids is 2. The second kappa shape index (κ2) is 10.9. The lowest BCUT2D eigenvalue weighted by molar-refractivity contribution is -0.385. The van der Waals surface area contributed by atoms with Gasteiger partial charge in [-0.15, -0.1) is 0 Å². The molecule has 3 aromatic rings. The number of amides is 1. The van der Waals surface area contributed by atoms with E-state index >= 15 is 0 Å². The zero-order valence-electron chi connectivity index (χ0n) is 17.3. The van der Waals surface area contributed by atoms with Crippen molar-refractivity contribution in [2.45, 2.75) is 0 Å². The Bertz CT molecular complexity index is 1240. The molecule has 0 aliphatic rings. The maximum atomic E-state index is 12.1. The van der Waals surface area contributed by atoms with Crippen molar-refractivity contribution in [2.75, 3.05) is 6.61 Å². The van der Waals surface area contributed by atoms with Crippen molar-refractivity contribution >= 4 is 29.5 Å². The van der Waals surface area contributed by atoms with Gasteiger partial charge in [0.2, 0.25) is 0 Å². The fraction of sp³-hybridized carbons (Fsp3) is 0.0455. The van der Waals surface area contributed by atoms with Crippen LogP contribution in [0.5, 0.6) is 11.5 Å². The van der Waals surface area contributed by atoms with Gasteiger partial charge < -0.3 is 9.47 Å². The minimum absolute atomic E-state index is 0.0366. The summed E-state index contributed by atoms with van der Waals surface area (Å²) in [6, 6.07) is 16.8. The number of benzene rings is 3. The second-order valence-corrected chi connectivity index (χ2v) is 6.57. The number of hydrazone groups is 1. The number of carbonyl (C=O) groups is 2. The van der Waals surface area contributed by atoms with Gasteiger partial charge in [-0.3, -0.25) is 25.0 Å². The zero-order valence-corrected chi connectivity index (χ0v) is 17.3. The molecule has 3 aromatic carbocycles. The van der Waals surface area contributed by atoms with Crippen molar-refractivity contribution in [1.82, 2.24) is 5.43 Å². The zero-order chi connectivity index (χ0) is 24.5. The molecule has 0 heterocycles. The highest BCUT2D eigenvalue weighted by atomic mass is 16.6. The molecule has 0 radical (unpaired) electrons. The van der Waals surface area contributed by atoms with Crippen molar-refractivity contribution in [3.63, 3.8) is 0 Å². The molecule has 0 unspecified atom stereocenters. The normalized spacial score (nSPS) is 10.5. The van der Waals surface area contributed by atoms with E-state index in [0.717, 1.165) is 0 Å². The van der Waals surface area contributed by atoms with Crippen LogP contribution in [0.1, 0.15) is 15.9 Å². The molecule has 1 N–H and O–H groups in total. The van der Waals surface area contributed by atoms with Crippen LogP contribution in [0.25, 0.3) is 0 Å². The molecule has 0 saturated carbocycles. The summed E-state index contributed by atoms with van der Waals surface area (Å²) in [5.41, 5.74) is 2.57. The van der Waals surface area contributed by atoms with Crippen molar-refractivity contribution in [1.29, 1.82) is 0 Å². The summed E-state index contributed by atoms with van der Waals surface area (Å²) < 4.78 is 10.4. The predicted molar refractivity (Wildman–Crippen MR) is 119 cm³/mol. The van der Waals surface area contributed by atoms with Crippen molar-refractivity contribution < 1.29 is 28.9 Å². The molecular formula is C22H16N4O8. The summed E-state index contributed by atoms with van der Waals surface area (Å²) in [5.74, 6) is -1.10. The first kappa shape index (κ1) is 23.5. The lowest BCUT2D eigenvalue weighted by Crippen LogP contribution is -2.24. The van der Waals surface area contributed by atoms with E-state index in [-0.39, 0.29) is 28.4 Å². The Morgan fingerprint density at radius 2 is 1.59 bits per heavy atom. The highest BCUT2D eigenvalue weighted by molar-refractivity contribution is 5.91. The average molecular weight is 464 g/mol. The quantitative estimate of drug-likeness (QED) is 0.166. The molecule has 0 atom stereocenters. The molecule has 12 heteroatoms. The first-order chi connectivity index (χ1) is 16.3. The van der Waals surface area contributed by atoms with Crippen LogP contribution < -0.4 is 14.9 Å². The number of nitro benzene ring substituents is 2. The third-order valence-electron chi connectivity index (χ3n) is 4.23. The molecule has 0 aliphatic heterocycles. The fourth-order valence-corrected chi connectivity index (χ4v) is 2.59. The molecule has 0 aliphatic carbocycles. The number of nitrogens with one attached hydrogen (secondary N) is 1. The number of rotatable bonds is 9. The minimum atomic E-state index is -0.678. The van der Waals surface area contributed by atoms with Crippen molar-refractivity contribution in [3.8, 4) is 11.5 Å². The van der Waals surface area contributed by atoms with Crippen LogP contribution in [0, 0.1) is 20.2 Å². The number of esters is 1. The van der Waals surface area contributed by atoms with E-state index in [0.29, 0.717) is 5.56 Å². The van der Waals surface area contributed by atoms with E-state index in [1.54, 1.807) is 18.2 Å². The monoisotopic (exact) mass is 464 g/mol. The van der Waals surface area contributed by atoms with Gasteiger partial charge in [-0.2, -0.15) is 5.10 Å². The van der Waals surface area contributed by atoms with Gasteiger partial charge in [0.1, 0.15) is 5.75 Å². The second-order valence-electron chi connectivity index (χ2n) is 6.57. The Labute approximate surface area is 191 Å². The fourth-order valence-electron chi connectivity index (χ4n) is 2.59. The SMILES string of the molecule is O=C(COc1ccccc1[N+](=O)[O-])NN=Cc1ccc(OC(=O)c2ccc([N+](=O)[O-])cc2)cc1. The van der Waals surface area contributed by atoms with Gasteiger partial charge in [-0.25, -0.2) is 10.2 Å². The summed E-state index contributed by atoms with van der Waals surface area (Å²) in [7, 11) is 0. The summed E-state index contributed by atoms with van der Waals surface area (Å²) in [6.45, 7) is -0.472. The highest BCUT2D eigenvalue weighted by Crippen LogP contribution is 2.25. The number of ether oxygens (including phenoxy) is 2. The molecule has 3 rings (SSSR count). The summed E-state index contributed by atoms with van der Waals surface area (Å²) in [6.07, 6.45) is 1.34. The van der Waals surface area contributed by atoms with Gasteiger partial charge in [0, 0.05) is 18.2 Å². The molecule has 12 nitrogen and oxygen atoms in total. The van der Waals surface area contributed by atoms with Crippen LogP contribution in [0.3, 0.4) is 0 Å². The molecule has 172 valence electrons. The van der Waals surface area contributed by atoms with Crippen LogP contribution in [0.15, 0.2) is 77.9 Å². The first-order valence-corrected chi connectivity index (χ1v) is 9.58. The van der Waals surface area contributed by atoms with E-state index in [2.05, 4.69) is 10.5 Å². The van der Waals surface area contributed by atoms with Gasteiger partial charge in [0.25, 0.3) is 11.6 Å². The Morgan fingerprint density at radius 1 is 0.912 bits per heavy atom. The predicted octanol–water partition coefficient (Wildman–Crippen LogP) is 3.25. The van der Waals surface area contributed by atoms with Gasteiger partial charge in [-0.05, 0) is 48.0 Å². The number of nitrogens with zero attached hydrogens (tertiary/aromatic N) is 3. The molecule has 0 aromatic heterocycles. The number of hydrogen-bond donors (Lipinski definition) is 1. The van der Waals surface area contributed by atoms with Crippen LogP contribution in [0.2, 0.25) is 0 Å². The standard InChI is InChI=1S/C22H16N4O8/c27-21(14-33-20-4-2-1-3-19(20)26(31)32)24-23-13-15-5-11-18(12-6-15)34-22(28)16-7-9-17(10-8-16)25(29)30/h1-13H,14H2,(H,24,27). The molecule has 1 amide bonds. The van der Waals surface area contributed by atoms with Crippen LogP contribution >= 0.6 is 0 Å². The highest BCUT2D eigenvalue weighted by Gasteiger charge is 2.15. The van der Waals surface area contributed by atoms with Crippen molar-refractivity contribution in [2.24, 2.45) is 5.10 Å². The molecular weight excluding hydrogens is 448 g/mol. The van der Waals surface area contributed by atoms with Gasteiger partial charge in [-0.1, -0.05) is 12.1 Å². The van der Waals surface area contributed by atoms with E-state index in [1.807, 2.05) is 0 Å². The molecule has 0 spiro atoms. The third-order valence-corrected chi connectivity index (χ3v) is 4.23. The largest absolute Gasteiger partial charge is 0.477 e. The maximum absolute atomic E-state index is 12.1. The Kier molecular flexibility index (Phi) is 7.58. The van der Waals surface area contributed by atoms with Gasteiger partial charge in [0.15, 0.2) is 12.4 Å². The third kappa shape index (κ3) is 6.43. The lowest BCUT2D eigenvalue weighted by atomic mass is 10.2.